The van der Waals surface area contributed by atoms with Crippen LogP contribution in [-0.4, -0.2) is 40.2 Å². The Morgan fingerprint density at radius 3 is 2.03 bits per heavy atom. The highest BCUT2D eigenvalue weighted by atomic mass is 19.1. The maximum Gasteiger partial charge on any atom is 0.123 e. The highest BCUT2D eigenvalue weighted by Crippen LogP contribution is 2.35. The Morgan fingerprint density at radius 1 is 0.906 bits per heavy atom. The van der Waals surface area contributed by atoms with Crippen molar-refractivity contribution in [3.8, 4) is 11.5 Å². The molecule has 0 saturated carbocycles. The van der Waals surface area contributed by atoms with E-state index in [1.165, 1.54) is 36.4 Å². The van der Waals surface area contributed by atoms with Gasteiger partial charge in [-0.05, 0) is 41.5 Å². The number of aliphatic hydroxyl groups excluding tert-OH is 1. The monoisotopic (exact) mass is 441 g/mol. The van der Waals surface area contributed by atoms with E-state index in [1.54, 1.807) is 30.3 Å². The van der Waals surface area contributed by atoms with Crippen molar-refractivity contribution in [3.05, 3.63) is 95.1 Å². The van der Waals surface area contributed by atoms with Gasteiger partial charge in [0.1, 0.15) is 23.1 Å². The molecular formula is C25H25F2NO4. The number of aromatic hydroxyl groups is 2. The van der Waals surface area contributed by atoms with Crippen LogP contribution in [0.2, 0.25) is 0 Å². The molecule has 168 valence electrons. The minimum atomic E-state index is -0.726. The summed E-state index contributed by atoms with van der Waals surface area (Å²) in [5.41, 5.74) is 2.22. The molecule has 5 nitrogen and oxygen atoms in total. The molecular weight excluding hydrogens is 416 g/mol. The van der Waals surface area contributed by atoms with Gasteiger partial charge >= 0.3 is 0 Å². The second-order valence-corrected chi connectivity index (χ2v) is 8.06. The van der Waals surface area contributed by atoms with Crippen LogP contribution >= 0.6 is 0 Å². The molecule has 0 bridgehead atoms. The third-order valence-corrected chi connectivity index (χ3v) is 5.88. The molecule has 4 rings (SSSR count). The Kier molecular flexibility index (Phi) is 6.69. The third kappa shape index (κ3) is 5.07. The van der Waals surface area contributed by atoms with Gasteiger partial charge in [0, 0.05) is 30.5 Å². The van der Waals surface area contributed by atoms with E-state index in [2.05, 4.69) is 5.32 Å². The lowest BCUT2D eigenvalue weighted by Gasteiger charge is -2.38. The second-order valence-electron chi connectivity index (χ2n) is 8.06. The van der Waals surface area contributed by atoms with Crippen molar-refractivity contribution in [1.29, 1.82) is 0 Å². The van der Waals surface area contributed by atoms with Crippen molar-refractivity contribution in [1.82, 2.24) is 5.32 Å². The maximum absolute atomic E-state index is 13.5. The van der Waals surface area contributed by atoms with Crippen molar-refractivity contribution >= 4 is 0 Å². The molecule has 0 amide bonds. The summed E-state index contributed by atoms with van der Waals surface area (Å²) in [5, 5.41) is 33.3. The minimum absolute atomic E-state index is 0.0252. The first kappa shape index (κ1) is 22.2. The summed E-state index contributed by atoms with van der Waals surface area (Å²) in [6.07, 6.45) is -0.795. The van der Waals surface area contributed by atoms with Crippen LogP contribution in [0.4, 0.5) is 8.78 Å². The van der Waals surface area contributed by atoms with Crippen LogP contribution in [0.3, 0.4) is 0 Å². The number of benzene rings is 3. The molecule has 32 heavy (non-hydrogen) atoms. The number of aliphatic hydroxyl groups is 1. The lowest BCUT2D eigenvalue weighted by molar-refractivity contribution is -0.0718. The van der Waals surface area contributed by atoms with Crippen LogP contribution in [0.5, 0.6) is 11.5 Å². The molecule has 3 aromatic carbocycles. The zero-order valence-electron chi connectivity index (χ0n) is 17.3. The molecule has 4 N–H and O–H groups in total. The van der Waals surface area contributed by atoms with Crippen LogP contribution in [-0.2, 0) is 11.3 Å². The van der Waals surface area contributed by atoms with E-state index < -0.39 is 6.10 Å². The summed E-state index contributed by atoms with van der Waals surface area (Å²) in [4.78, 5) is 0. The fourth-order valence-electron chi connectivity index (χ4n) is 4.14. The van der Waals surface area contributed by atoms with Crippen LogP contribution in [0.15, 0.2) is 66.7 Å². The first-order valence-electron chi connectivity index (χ1n) is 10.5. The average molecular weight is 441 g/mol. The number of rotatable bonds is 6. The molecule has 7 heteroatoms. The summed E-state index contributed by atoms with van der Waals surface area (Å²) < 4.78 is 33.1. The van der Waals surface area contributed by atoms with Gasteiger partial charge in [-0.3, -0.25) is 0 Å². The average Bonchev–Trinajstić information content (AvgIpc) is 2.77. The largest absolute Gasteiger partial charge is 0.508 e. The lowest BCUT2D eigenvalue weighted by Crippen LogP contribution is -2.50. The topological polar surface area (TPSA) is 82.0 Å². The van der Waals surface area contributed by atoms with Gasteiger partial charge in [0.05, 0.1) is 24.9 Å². The second kappa shape index (κ2) is 9.65. The molecule has 1 saturated heterocycles. The molecule has 3 unspecified atom stereocenters. The van der Waals surface area contributed by atoms with Gasteiger partial charge in [-0.1, -0.05) is 30.3 Å². The smallest absolute Gasteiger partial charge is 0.123 e. The van der Waals surface area contributed by atoms with E-state index in [1.807, 2.05) is 0 Å². The van der Waals surface area contributed by atoms with E-state index in [-0.39, 0.29) is 47.8 Å². The number of hydrogen-bond acceptors (Lipinski definition) is 5. The molecule has 3 aromatic rings. The summed E-state index contributed by atoms with van der Waals surface area (Å²) in [7, 11) is 0. The van der Waals surface area contributed by atoms with E-state index >= 15 is 0 Å². The Morgan fingerprint density at radius 2 is 1.50 bits per heavy atom. The highest BCUT2D eigenvalue weighted by molar-refractivity contribution is 5.39. The number of phenols is 2. The maximum atomic E-state index is 13.5. The number of ether oxygens (including phenoxy) is 1. The van der Waals surface area contributed by atoms with E-state index in [4.69, 9.17) is 4.74 Å². The zero-order chi connectivity index (χ0) is 22.7. The van der Waals surface area contributed by atoms with Gasteiger partial charge in [-0.15, -0.1) is 0 Å². The van der Waals surface area contributed by atoms with Crippen molar-refractivity contribution in [2.45, 2.75) is 37.1 Å². The number of hydrogen-bond donors (Lipinski definition) is 4. The first-order chi connectivity index (χ1) is 15.4. The van der Waals surface area contributed by atoms with Crippen LogP contribution in [0, 0.1) is 11.6 Å². The molecule has 1 heterocycles. The zero-order valence-corrected chi connectivity index (χ0v) is 17.3. The number of halogens is 2. The highest BCUT2D eigenvalue weighted by Gasteiger charge is 2.35. The van der Waals surface area contributed by atoms with E-state index in [0.29, 0.717) is 18.5 Å². The summed E-state index contributed by atoms with van der Waals surface area (Å²) >= 11 is 0. The van der Waals surface area contributed by atoms with Gasteiger partial charge in [0.25, 0.3) is 0 Å². The standard InChI is InChI=1S/C25H25F2NO4/c26-18-6-1-15(2-7-18)25(16-3-8-19(27)9-4-16)24-12-23(31)21(14-32-24)28-13-17-5-10-20(29)11-22(17)30/h1-11,21,23-25,28-31H,12-14H2. The summed E-state index contributed by atoms with van der Waals surface area (Å²) in [5.74, 6) is -1.05. The van der Waals surface area contributed by atoms with Crippen LogP contribution in [0.25, 0.3) is 0 Å². The normalized spacial score (nSPS) is 21.1. The summed E-state index contributed by atoms with van der Waals surface area (Å²) in [6.45, 7) is 0.519. The molecule has 0 spiro atoms. The Bertz CT molecular complexity index is 997. The van der Waals surface area contributed by atoms with Gasteiger partial charge in [-0.25, -0.2) is 8.78 Å². The van der Waals surface area contributed by atoms with Crippen molar-refractivity contribution in [2.24, 2.45) is 0 Å². The Hall–Kier alpha value is -3.00. The predicted octanol–water partition coefficient (Wildman–Crippen LogP) is 3.82. The van der Waals surface area contributed by atoms with Crippen molar-refractivity contribution < 1.29 is 28.8 Å². The van der Waals surface area contributed by atoms with Crippen LogP contribution < -0.4 is 5.32 Å². The number of nitrogens with one attached hydrogen (secondary N) is 1. The van der Waals surface area contributed by atoms with Gasteiger partial charge in [0.15, 0.2) is 0 Å². The first-order valence-corrected chi connectivity index (χ1v) is 10.5. The van der Waals surface area contributed by atoms with E-state index in [9.17, 15) is 24.1 Å². The molecule has 0 aliphatic carbocycles. The lowest BCUT2D eigenvalue weighted by atomic mass is 9.82. The molecule has 0 radical (unpaired) electrons. The quantitative estimate of drug-likeness (QED) is 0.468. The van der Waals surface area contributed by atoms with Gasteiger partial charge in [-0.2, -0.15) is 0 Å². The Labute approximate surface area is 184 Å². The van der Waals surface area contributed by atoms with Gasteiger partial charge < -0.3 is 25.4 Å². The van der Waals surface area contributed by atoms with E-state index in [0.717, 1.165) is 11.1 Å². The van der Waals surface area contributed by atoms with Gasteiger partial charge in [0.2, 0.25) is 0 Å². The van der Waals surface area contributed by atoms with Crippen molar-refractivity contribution in [2.75, 3.05) is 6.61 Å². The Balaban J connectivity index is 1.48. The predicted molar refractivity (Wildman–Crippen MR) is 115 cm³/mol. The molecule has 1 fully saturated rings. The molecule has 3 atom stereocenters. The number of phenolic OH excluding ortho intramolecular Hbond substituents is 2. The molecule has 1 aliphatic heterocycles. The molecule has 1 aliphatic rings. The van der Waals surface area contributed by atoms with Crippen molar-refractivity contribution in [3.63, 3.8) is 0 Å². The molecule has 0 aromatic heterocycles. The SMILES string of the molecule is Oc1ccc(CNC2COC(C(c3ccc(F)cc3)c3ccc(F)cc3)CC2O)c(O)c1. The fourth-order valence-corrected chi connectivity index (χ4v) is 4.14. The van der Waals surface area contributed by atoms with Crippen LogP contribution in [0.1, 0.15) is 29.0 Å². The minimum Gasteiger partial charge on any atom is -0.508 e. The fraction of sp³-hybridized carbons (Fsp3) is 0.280. The summed E-state index contributed by atoms with van der Waals surface area (Å²) in [6, 6.07) is 16.2. The third-order valence-electron chi connectivity index (χ3n) is 5.88.